The fourth-order valence-corrected chi connectivity index (χ4v) is 7.22. The maximum absolute atomic E-state index is 12.7. The third kappa shape index (κ3) is 2.23. The van der Waals surface area contributed by atoms with Crippen LogP contribution < -0.4 is 0 Å². The zero-order chi connectivity index (χ0) is 14.9. The highest BCUT2D eigenvalue weighted by Gasteiger charge is 2.60. The number of halogens is 1. The van der Waals surface area contributed by atoms with E-state index in [1.807, 2.05) is 6.07 Å². The molecule has 0 aliphatic heterocycles. The van der Waals surface area contributed by atoms with Crippen molar-refractivity contribution in [2.75, 3.05) is 0 Å². The van der Waals surface area contributed by atoms with Crippen LogP contribution in [-0.4, -0.2) is 5.78 Å². The van der Waals surface area contributed by atoms with Gasteiger partial charge in [0.25, 0.3) is 0 Å². The summed E-state index contributed by atoms with van der Waals surface area (Å²) < 4.78 is 6.19. The first-order valence-electron chi connectivity index (χ1n) is 8.07. The predicted octanol–water partition coefficient (Wildman–Crippen LogP) is 5.61. The van der Waals surface area contributed by atoms with E-state index < -0.39 is 0 Å². The molecule has 114 valence electrons. The Balaban J connectivity index is 1.63. The lowest BCUT2D eigenvalue weighted by Gasteiger charge is -2.65. The SMILES string of the molecule is CC12CC3CC(C)(C1)CC(CC(=O)c1occc1Br)(C3)C2. The standard InChI is InChI=1S/C18H23BrO2/c1-16-5-12-6-17(2,9-16)11-18(7-12,10-16)8-14(20)15-13(19)3-4-21-15/h3-4,12H,5-11H2,1-2H3. The molecule has 4 aliphatic carbocycles. The molecule has 21 heavy (non-hydrogen) atoms. The Kier molecular flexibility index (Phi) is 2.84. The monoisotopic (exact) mass is 350 g/mol. The van der Waals surface area contributed by atoms with Crippen molar-refractivity contribution in [3.63, 3.8) is 0 Å². The summed E-state index contributed by atoms with van der Waals surface area (Å²) in [6.45, 7) is 4.91. The van der Waals surface area contributed by atoms with E-state index in [1.165, 1.54) is 38.5 Å². The Labute approximate surface area is 134 Å². The lowest BCUT2D eigenvalue weighted by atomic mass is 9.39. The summed E-state index contributed by atoms with van der Waals surface area (Å²) in [6.07, 6.45) is 10.1. The molecular formula is C18H23BrO2. The third-order valence-corrected chi connectivity index (χ3v) is 6.77. The van der Waals surface area contributed by atoms with Crippen LogP contribution in [0.3, 0.4) is 0 Å². The highest BCUT2D eigenvalue weighted by Crippen LogP contribution is 2.70. The van der Waals surface area contributed by atoms with Gasteiger partial charge in [0.1, 0.15) is 0 Å². The van der Waals surface area contributed by atoms with Gasteiger partial charge in [0.2, 0.25) is 0 Å². The number of rotatable bonds is 3. The number of carbonyl (C=O) groups is 1. The van der Waals surface area contributed by atoms with E-state index in [4.69, 9.17) is 4.42 Å². The van der Waals surface area contributed by atoms with Crippen LogP contribution in [0.15, 0.2) is 21.2 Å². The summed E-state index contributed by atoms with van der Waals surface area (Å²) >= 11 is 3.42. The van der Waals surface area contributed by atoms with Crippen molar-refractivity contribution < 1.29 is 9.21 Å². The molecule has 0 aromatic carbocycles. The molecule has 0 spiro atoms. The van der Waals surface area contributed by atoms with Crippen molar-refractivity contribution in [1.29, 1.82) is 0 Å². The summed E-state index contributed by atoms with van der Waals surface area (Å²) in [5, 5.41) is 0. The average Bonchev–Trinajstić information content (AvgIpc) is 2.69. The van der Waals surface area contributed by atoms with Crippen LogP contribution in [0, 0.1) is 22.2 Å². The summed E-state index contributed by atoms with van der Waals surface area (Å²) in [4.78, 5) is 12.7. The van der Waals surface area contributed by atoms with E-state index in [2.05, 4.69) is 29.8 Å². The highest BCUT2D eigenvalue weighted by atomic mass is 79.9. The predicted molar refractivity (Wildman–Crippen MR) is 85.2 cm³/mol. The van der Waals surface area contributed by atoms with Crippen LogP contribution in [0.5, 0.6) is 0 Å². The number of furan rings is 1. The molecule has 2 unspecified atom stereocenters. The number of Topliss-reactive ketones (excluding diaryl/α,β-unsaturated/α-hetero) is 1. The second-order valence-corrected chi connectivity index (χ2v) is 9.68. The molecule has 0 N–H and O–H groups in total. The molecule has 1 heterocycles. The topological polar surface area (TPSA) is 30.2 Å². The van der Waals surface area contributed by atoms with Gasteiger partial charge in [0.15, 0.2) is 11.5 Å². The lowest BCUT2D eigenvalue weighted by molar-refractivity contribution is -0.143. The first-order chi connectivity index (χ1) is 9.81. The van der Waals surface area contributed by atoms with Crippen molar-refractivity contribution in [2.45, 2.75) is 58.8 Å². The Bertz CT molecular complexity index is 584. The summed E-state index contributed by atoms with van der Waals surface area (Å²) in [5.74, 6) is 1.53. The first-order valence-corrected chi connectivity index (χ1v) is 8.86. The van der Waals surface area contributed by atoms with Crippen molar-refractivity contribution in [2.24, 2.45) is 22.2 Å². The Hall–Kier alpha value is -0.570. The van der Waals surface area contributed by atoms with Gasteiger partial charge in [-0.15, -0.1) is 0 Å². The molecule has 2 nitrogen and oxygen atoms in total. The molecule has 2 atom stereocenters. The molecule has 1 aromatic heterocycles. The summed E-state index contributed by atoms with van der Waals surface area (Å²) in [5.41, 5.74) is 1.16. The molecular weight excluding hydrogens is 328 g/mol. The minimum atomic E-state index is 0.182. The molecule has 0 amide bonds. The average molecular weight is 351 g/mol. The first kappa shape index (κ1) is 14.0. The van der Waals surface area contributed by atoms with Crippen molar-refractivity contribution in [3.8, 4) is 0 Å². The molecule has 3 heteroatoms. The number of hydrogen-bond donors (Lipinski definition) is 0. The number of carbonyl (C=O) groups excluding carboxylic acids is 1. The van der Waals surface area contributed by atoms with Crippen LogP contribution in [0.25, 0.3) is 0 Å². The number of ketones is 1. The minimum Gasteiger partial charge on any atom is -0.460 e. The minimum absolute atomic E-state index is 0.182. The Morgan fingerprint density at radius 3 is 2.43 bits per heavy atom. The highest BCUT2D eigenvalue weighted by molar-refractivity contribution is 9.10. The van der Waals surface area contributed by atoms with Gasteiger partial charge in [-0.3, -0.25) is 4.79 Å². The maximum atomic E-state index is 12.7. The smallest absolute Gasteiger partial charge is 0.199 e. The second kappa shape index (κ2) is 4.24. The molecule has 4 bridgehead atoms. The quantitative estimate of drug-likeness (QED) is 0.663. The van der Waals surface area contributed by atoms with Crippen LogP contribution >= 0.6 is 15.9 Å². The van der Waals surface area contributed by atoms with Gasteiger partial charge in [0, 0.05) is 6.42 Å². The molecule has 4 fully saturated rings. The summed E-state index contributed by atoms with van der Waals surface area (Å²) in [7, 11) is 0. The van der Waals surface area contributed by atoms with Crippen LogP contribution in [0.1, 0.15) is 69.3 Å². The lowest BCUT2D eigenvalue weighted by Crippen LogP contribution is -2.55. The van der Waals surface area contributed by atoms with Crippen LogP contribution in [0.2, 0.25) is 0 Å². The Morgan fingerprint density at radius 2 is 1.90 bits per heavy atom. The fourth-order valence-electron chi connectivity index (χ4n) is 6.79. The van der Waals surface area contributed by atoms with Gasteiger partial charge in [-0.2, -0.15) is 0 Å². The van der Waals surface area contributed by atoms with E-state index in [0.717, 1.165) is 10.4 Å². The van der Waals surface area contributed by atoms with E-state index in [1.54, 1.807) is 6.26 Å². The van der Waals surface area contributed by atoms with Gasteiger partial charge in [-0.1, -0.05) is 13.8 Å². The number of hydrogen-bond acceptors (Lipinski definition) is 2. The van der Waals surface area contributed by atoms with Crippen LogP contribution in [-0.2, 0) is 0 Å². The van der Waals surface area contributed by atoms with E-state index >= 15 is 0 Å². The van der Waals surface area contributed by atoms with Gasteiger partial charge < -0.3 is 4.42 Å². The molecule has 1 aromatic rings. The molecule has 0 saturated heterocycles. The molecule has 4 aliphatic rings. The van der Waals surface area contributed by atoms with E-state index in [-0.39, 0.29) is 11.2 Å². The molecule has 0 radical (unpaired) electrons. The van der Waals surface area contributed by atoms with Crippen LogP contribution in [0.4, 0.5) is 0 Å². The zero-order valence-electron chi connectivity index (χ0n) is 12.9. The van der Waals surface area contributed by atoms with Gasteiger partial charge in [-0.25, -0.2) is 0 Å². The third-order valence-electron chi connectivity index (χ3n) is 6.15. The summed E-state index contributed by atoms with van der Waals surface area (Å²) in [6, 6.07) is 1.82. The maximum Gasteiger partial charge on any atom is 0.199 e. The van der Waals surface area contributed by atoms with Gasteiger partial charge in [-0.05, 0) is 82.7 Å². The van der Waals surface area contributed by atoms with Crippen molar-refractivity contribution in [3.05, 3.63) is 22.6 Å². The van der Waals surface area contributed by atoms with Gasteiger partial charge in [0.05, 0.1) is 10.7 Å². The van der Waals surface area contributed by atoms with Gasteiger partial charge >= 0.3 is 0 Å². The van der Waals surface area contributed by atoms with Crippen molar-refractivity contribution >= 4 is 21.7 Å². The van der Waals surface area contributed by atoms with E-state index in [0.29, 0.717) is 23.0 Å². The largest absolute Gasteiger partial charge is 0.460 e. The zero-order valence-corrected chi connectivity index (χ0v) is 14.5. The fraction of sp³-hybridized carbons (Fsp3) is 0.722. The molecule has 4 saturated carbocycles. The Morgan fingerprint density at radius 1 is 1.24 bits per heavy atom. The second-order valence-electron chi connectivity index (χ2n) is 8.83. The van der Waals surface area contributed by atoms with Crippen molar-refractivity contribution in [1.82, 2.24) is 0 Å². The normalized spacial score (nSPS) is 44.2. The molecule has 5 rings (SSSR count). The van der Waals surface area contributed by atoms with E-state index in [9.17, 15) is 4.79 Å².